The minimum atomic E-state index is -0.576. The predicted octanol–water partition coefficient (Wildman–Crippen LogP) is 2.29. The van der Waals surface area contributed by atoms with Crippen LogP contribution in [0.2, 0.25) is 0 Å². The van der Waals surface area contributed by atoms with Crippen LogP contribution in [0.5, 0.6) is 0 Å². The average Bonchev–Trinajstić information content (AvgIpc) is 3.29. The van der Waals surface area contributed by atoms with E-state index in [1.165, 1.54) is 32.1 Å². The molecular weight excluding hydrogens is 332 g/mol. The maximum Gasteiger partial charge on any atom is 0.439 e. The SMILES string of the molecule is NC(=O)[C@@H]1[C@H](C2CCCCC2)CCN1c1ccc(-c2noc(=O)[nH]2)cc1. The zero-order valence-corrected chi connectivity index (χ0v) is 14.7. The second kappa shape index (κ2) is 6.97. The van der Waals surface area contributed by atoms with E-state index >= 15 is 0 Å². The number of H-pyrrole nitrogens is 1. The Morgan fingerprint density at radius 2 is 1.88 bits per heavy atom. The molecule has 3 N–H and O–H groups in total. The number of carbonyl (C=O) groups excluding carboxylic acids is 1. The van der Waals surface area contributed by atoms with Crippen molar-refractivity contribution in [3.05, 3.63) is 34.8 Å². The Bertz CT molecular complexity index is 820. The molecule has 1 saturated heterocycles. The third-order valence-corrected chi connectivity index (χ3v) is 5.90. The first kappa shape index (κ1) is 16.9. The molecule has 2 fully saturated rings. The van der Waals surface area contributed by atoms with Crippen LogP contribution in [0.15, 0.2) is 33.6 Å². The number of benzene rings is 1. The van der Waals surface area contributed by atoms with Crippen LogP contribution in [0, 0.1) is 11.8 Å². The lowest BCUT2D eigenvalue weighted by Crippen LogP contribution is -2.45. The summed E-state index contributed by atoms with van der Waals surface area (Å²) < 4.78 is 4.55. The van der Waals surface area contributed by atoms with Crippen molar-refractivity contribution < 1.29 is 9.32 Å². The van der Waals surface area contributed by atoms with Crippen molar-refractivity contribution in [2.45, 2.75) is 44.6 Å². The number of anilines is 1. The van der Waals surface area contributed by atoms with Gasteiger partial charge in [-0.15, -0.1) is 0 Å². The van der Waals surface area contributed by atoms with Gasteiger partial charge in [0.2, 0.25) is 5.91 Å². The third-order valence-electron chi connectivity index (χ3n) is 5.90. The first-order valence-electron chi connectivity index (χ1n) is 9.36. The summed E-state index contributed by atoms with van der Waals surface area (Å²) in [5.41, 5.74) is 7.54. The van der Waals surface area contributed by atoms with E-state index in [9.17, 15) is 9.59 Å². The second-order valence-corrected chi connectivity index (χ2v) is 7.38. The van der Waals surface area contributed by atoms with Crippen LogP contribution in [-0.2, 0) is 4.79 Å². The predicted molar refractivity (Wildman–Crippen MR) is 97.6 cm³/mol. The summed E-state index contributed by atoms with van der Waals surface area (Å²) >= 11 is 0. The van der Waals surface area contributed by atoms with E-state index in [1.54, 1.807) is 0 Å². The van der Waals surface area contributed by atoms with Crippen molar-refractivity contribution in [1.82, 2.24) is 10.1 Å². The maximum atomic E-state index is 12.2. The molecule has 2 atom stereocenters. The number of nitrogens with zero attached hydrogens (tertiary/aromatic N) is 2. The van der Waals surface area contributed by atoms with Gasteiger partial charge in [-0.2, -0.15) is 0 Å². The van der Waals surface area contributed by atoms with Gasteiger partial charge >= 0.3 is 5.76 Å². The molecule has 0 radical (unpaired) electrons. The zero-order chi connectivity index (χ0) is 18.1. The Kier molecular flexibility index (Phi) is 4.53. The molecule has 1 saturated carbocycles. The Morgan fingerprint density at radius 1 is 1.15 bits per heavy atom. The summed E-state index contributed by atoms with van der Waals surface area (Å²) in [5, 5.41) is 3.70. The lowest BCUT2D eigenvalue weighted by atomic mass is 9.76. The molecule has 0 spiro atoms. The van der Waals surface area contributed by atoms with Crippen LogP contribution >= 0.6 is 0 Å². The maximum absolute atomic E-state index is 12.2. The molecule has 2 heterocycles. The number of primary amides is 1. The van der Waals surface area contributed by atoms with Crippen molar-refractivity contribution in [2.75, 3.05) is 11.4 Å². The van der Waals surface area contributed by atoms with Gasteiger partial charge in [-0.3, -0.25) is 14.3 Å². The normalized spacial score (nSPS) is 24.1. The van der Waals surface area contributed by atoms with E-state index in [2.05, 4.69) is 19.6 Å². The highest BCUT2D eigenvalue weighted by Crippen LogP contribution is 2.40. The van der Waals surface area contributed by atoms with E-state index in [-0.39, 0.29) is 11.9 Å². The molecule has 1 aliphatic heterocycles. The minimum Gasteiger partial charge on any atom is -0.368 e. The van der Waals surface area contributed by atoms with Crippen molar-refractivity contribution in [3.8, 4) is 11.4 Å². The van der Waals surface area contributed by atoms with Crippen LogP contribution in [0.4, 0.5) is 5.69 Å². The molecule has 1 aromatic heterocycles. The van der Waals surface area contributed by atoms with Crippen molar-refractivity contribution >= 4 is 11.6 Å². The number of rotatable bonds is 4. The molecule has 4 rings (SSSR count). The first-order chi connectivity index (χ1) is 12.6. The van der Waals surface area contributed by atoms with Gasteiger partial charge in [0.05, 0.1) is 0 Å². The lowest BCUT2D eigenvalue weighted by Gasteiger charge is -2.33. The van der Waals surface area contributed by atoms with E-state index in [1.807, 2.05) is 24.3 Å². The number of aromatic amines is 1. The van der Waals surface area contributed by atoms with Crippen LogP contribution < -0.4 is 16.4 Å². The van der Waals surface area contributed by atoms with Gasteiger partial charge < -0.3 is 10.6 Å². The monoisotopic (exact) mass is 356 g/mol. The fraction of sp³-hybridized carbons (Fsp3) is 0.526. The molecule has 7 heteroatoms. The summed E-state index contributed by atoms with van der Waals surface area (Å²) in [6.45, 7) is 0.842. The Labute approximate surface area is 151 Å². The van der Waals surface area contributed by atoms with Gasteiger partial charge in [-0.05, 0) is 42.5 Å². The second-order valence-electron chi connectivity index (χ2n) is 7.38. The highest BCUT2D eigenvalue weighted by Gasteiger charge is 2.42. The van der Waals surface area contributed by atoms with Crippen LogP contribution in [-0.4, -0.2) is 28.6 Å². The molecular formula is C19H24N4O3. The number of nitrogens with one attached hydrogen (secondary N) is 1. The van der Waals surface area contributed by atoms with Gasteiger partial charge in [0.15, 0.2) is 5.82 Å². The van der Waals surface area contributed by atoms with Gasteiger partial charge in [0.1, 0.15) is 6.04 Å². The fourth-order valence-corrected chi connectivity index (χ4v) is 4.69. The molecule has 0 unspecified atom stereocenters. The van der Waals surface area contributed by atoms with Crippen LogP contribution in [0.3, 0.4) is 0 Å². The highest BCUT2D eigenvalue weighted by atomic mass is 16.5. The van der Waals surface area contributed by atoms with E-state index in [4.69, 9.17) is 5.73 Å². The molecule has 0 bridgehead atoms. The van der Waals surface area contributed by atoms with Crippen LogP contribution in [0.25, 0.3) is 11.4 Å². The van der Waals surface area contributed by atoms with E-state index in [0.717, 1.165) is 24.2 Å². The van der Waals surface area contributed by atoms with Gasteiger partial charge in [-0.25, -0.2) is 4.79 Å². The third kappa shape index (κ3) is 3.13. The summed E-state index contributed by atoms with van der Waals surface area (Å²) in [7, 11) is 0. The summed E-state index contributed by atoms with van der Waals surface area (Å²) in [4.78, 5) is 28.0. The Hall–Kier alpha value is -2.57. The minimum absolute atomic E-state index is 0.233. The number of aromatic nitrogens is 2. The van der Waals surface area contributed by atoms with Crippen LogP contribution in [0.1, 0.15) is 38.5 Å². The molecule has 1 aliphatic carbocycles. The smallest absolute Gasteiger partial charge is 0.368 e. The molecule has 138 valence electrons. The first-order valence-corrected chi connectivity index (χ1v) is 9.36. The van der Waals surface area contributed by atoms with E-state index < -0.39 is 5.76 Å². The number of hydrogen-bond donors (Lipinski definition) is 2. The molecule has 7 nitrogen and oxygen atoms in total. The standard InChI is InChI=1S/C19H24N4O3/c20-17(24)16-15(12-4-2-1-3-5-12)10-11-23(16)14-8-6-13(7-9-14)18-21-19(25)26-22-18/h6-9,12,15-16H,1-5,10-11H2,(H2,20,24)(H,21,22,25)/t15-,16-/m0/s1. The van der Waals surface area contributed by atoms with Gasteiger partial charge in [-0.1, -0.05) is 37.3 Å². The lowest BCUT2D eigenvalue weighted by molar-refractivity contribution is -0.120. The fourth-order valence-electron chi connectivity index (χ4n) is 4.69. The van der Waals surface area contributed by atoms with E-state index in [0.29, 0.717) is 17.7 Å². The topological polar surface area (TPSA) is 105 Å². The van der Waals surface area contributed by atoms with Gasteiger partial charge in [0.25, 0.3) is 0 Å². The zero-order valence-electron chi connectivity index (χ0n) is 14.7. The summed E-state index contributed by atoms with van der Waals surface area (Å²) in [6.07, 6.45) is 7.26. The molecule has 1 aromatic carbocycles. The molecule has 2 aromatic rings. The molecule has 2 aliphatic rings. The largest absolute Gasteiger partial charge is 0.439 e. The number of carbonyl (C=O) groups is 1. The average molecular weight is 356 g/mol. The molecule has 26 heavy (non-hydrogen) atoms. The number of nitrogens with two attached hydrogens (primary N) is 1. The van der Waals surface area contributed by atoms with Crippen molar-refractivity contribution in [3.63, 3.8) is 0 Å². The number of amides is 1. The van der Waals surface area contributed by atoms with Gasteiger partial charge in [0, 0.05) is 17.8 Å². The Morgan fingerprint density at radius 3 is 2.50 bits per heavy atom. The molecule has 1 amide bonds. The quantitative estimate of drug-likeness (QED) is 0.874. The summed E-state index contributed by atoms with van der Waals surface area (Å²) in [6, 6.07) is 7.39. The summed E-state index contributed by atoms with van der Waals surface area (Å²) in [5.74, 6) is 0.537. The highest BCUT2D eigenvalue weighted by molar-refractivity contribution is 5.85. The van der Waals surface area contributed by atoms with Crippen molar-refractivity contribution in [2.24, 2.45) is 17.6 Å². The number of hydrogen-bond acceptors (Lipinski definition) is 5. The van der Waals surface area contributed by atoms with Crippen molar-refractivity contribution in [1.29, 1.82) is 0 Å². The Balaban J connectivity index is 1.56.